The summed E-state index contributed by atoms with van der Waals surface area (Å²) in [4.78, 5) is 25.6. The Morgan fingerprint density at radius 2 is 1.77 bits per heavy atom. The van der Waals surface area contributed by atoms with Crippen molar-refractivity contribution in [2.45, 2.75) is 13.3 Å². The number of aryl methyl sites for hydroxylation is 1. The van der Waals surface area contributed by atoms with Crippen molar-refractivity contribution in [3.05, 3.63) is 41.1 Å². The van der Waals surface area contributed by atoms with Crippen LogP contribution in [0.4, 0.5) is 5.69 Å². The first-order chi connectivity index (χ1) is 10.6. The van der Waals surface area contributed by atoms with Gasteiger partial charge in [0, 0.05) is 5.69 Å². The molecule has 1 aromatic carbocycles. The molecular weight excluding hydrogens is 286 g/mol. The van der Waals surface area contributed by atoms with Crippen molar-refractivity contribution in [3.63, 3.8) is 0 Å². The Morgan fingerprint density at radius 1 is 1.14 bits per heavy atom. The van der Waals surface area contributed by atoms with Crippen LogP contribution in [0.2, 0.25) is 0 Å². The molecule has 22 heavy (non-hydrogen) atoms. The van der Waals surface area contributed by atoms with Gasteiger partial charge in [-0.1, -0.05) is 19.1 Å². The quantitative estimate of drug-likeness (QED) is 0.788. The van der Waals surface area contributed by atoms with Crippen LogP contribution in [0, 0.1) is 0 Å². The van der Waals surface area contributed by atoms with Gasteiger partial charge in [-0.2, -0.15) is 0 Å². The van der Waals surface area contributed by atoms with Gasteiger partial charge in [-0.15, -0.1) is 0 Å². The molecule has 2 rings (SSSR count). The fourth-order valence-electron chi connectivity index (χ4n) is 2.26. The number of benzene rings is 1. The van der Waals surface area contributed by atoms with Gasteiger partial charge in [-0.05, 0) is 24.1 Å². The molecule has 118 valence electrons. The van der Waals surface area contributed by atoms with Crippen molar-refractivity contribution in [1.82, 2.24) is 0 Å². The summed E-state index contributed by atoms with van der Waals surface area (Å²) in [6.07, 6.45) is 0.921. The molecular formula is C16H19NO5. The minimum absolute atomic E-state index is 0.0145. The number of anilines is 1. The van der Waals surface area contributed by atoms with Crippen LogP contribution in [0.3, 0.4) is 0 Å². The average Bonchev–Trinajstić information content (AvgIpc) is 2.59. The standard InChI is InChI=1S/C16H19NO5/c1-4-11-5-7-12(8-6-11)17-10-22-9-13(15(18)20-2)14(17)16(19)21-3/h5-8H,4,9-10H2,1-3H3. The van der Waals surface area contributed by atoms with E-state index in [1.54, 1.807) is 4.90 Å². The summed E-state index contributed by atoms with van der Waals surface area (Å²) in [5.74, 6) is -1.20. The monoisotopic (exact) mass is 305 g/mol. The largest absolute Gasteiger partial charge is 0.466 e. The second-order valence-corrected chi connectivity index (χ2v) is 4.74. The summed E-state index contributed by atoms with van der Waals surface area (Å²) in [6.45, 7) is 2.24. The lowest BCUT2D eigenvalue weighted by Gasteiger charge is -2.31. The summed E-state index contributed by atoms with van der Waals surface area (Å²) in [5.41, 5.74) is 2.24. The highest BCUT2D eigenvalue weighted by atomic mass is 16.5. The molecule has 0 aromatic heterocycles. The smallest absolute Gasteiger partial charge is 0.355 e. The molecule has 0 bridgehead atoms. The molecule has 6 nitrogen and oxygen atoms in total. The van der Waals surface area contributed by atoms with Gasteiger partial charge in [0.15, 0.2) is 0 Å². The molecule has 0 unspecified atom stereocenters. The van der Waals surface area contributed by atoms with E-state index in [1.807, 2.05) is 24.3 Å². The summed E-state index contributed by atoms with van der Waals surface area (Å²) < 4.78 is 14.9. The van der Waals surface area contributed by atoms with Crippen molar-refractivity contribution in [1.29, 1.82) is 0 Å². The summed E-state index contributed by atoms with van der Waals surface area (Å²) in [7, 11) is 2.54. The van der Waals surface area contributed by atoms with E-state index in [-0.39, 0.29) is 24.6 Å². The van der Waals surface area contributed by atoms with Crippen LogP contribution in [0.5, 0.6) is 0 Å². The zero-order chi connectivity index (χ0) is 16.1. The Bertz CT molecular complexity index is 591. The topological polar surface area (TPSA) is 65.1 Å². The third kappa shape index (κ3) is 3.12. The van der Waals surface area contributed by atoms with Crippen LogP contribution in [0.25, 0.3) is 0 Å². The number of hydrogen-bond acceptors (Lipinski definition) is 6. The number of esters is 2. The third-order valence-corrected chi connectivity index (χ3v) is 3.49. The van der Waals surface area contributed by atoms with E-state index in [0.29, 0.717) is 0 Å². The lowest BCUT2D eigenvalue weighted by molar-refractivity contribution is -0.140. The summed E-state index contributed by atoms with van der Waals surface area (Å²) in [6, 6.07) is 7.70. The zero-order valence-corrected chi connectivity index (χ0v) is 12.9. The van der Waals surface area contributed by atoms with Gasteiger partial charge < -0.3 is 19.1 Å². The minimum atomic E-state index is -0.602. The van der Waals surface area contributed by atoms with Gasteiger partial charge in [-0.3, -0.25) is 0 Å². The van der Waals surface area contributed by atoms with Crippen LogP contribution in [-0.4, -0.2) is 39.5 Å². The minimum Gasteiger partial charge on any atom is -0.466 e. The maximum absolute atomic E-state index is 12.1. The van der Waals surface area contributed by atoms with Crippen molar-refractivity contribution in [2.75, 3.05) is 32.5 Å². The summed E-state index contributed by atoms with van der Waals surface area (Å²) >= 11 is 0. The maximum Gasteiger partial charge on any atom is 0.355 e. The molecule has 6 heteroatoms. The number of carbonyl (C=O) groups excluding carboxylic acids is 2. The maximum atomic E-state index is 12.1. The summed E-state index contributed by atoms with van der Waals surface area (Å²) in [5, 5.41) is 0. The van der Waals surface area contributed by atoms with Gasteiger partial charge in [0.2, 0.25) is 0 Å². The molecule has 0 atom stereocenters. The van der Waals surface area contributed by atoms with E-state index in [4.69, 9.17) is 14.2 Å². The van der Waals surface area contributed by atoms with Crippen molar-refractivity contribution >= 4 is 17.6 Å². The van der Waals surface area contributed by atoms with Gasteiger partial charge in [0.25, 0.3) is 0 Å². The fourth-order valence-corrected chi connectivity index (χ4v) is 2.26. The van der Waals surface area contributed by atoms with E-state index < -0.39 is 11.9 Å². The molecule has 0 saturated carbocycles. The van der Waals surface area contributed by atoms with E-state index in [0.717, 1.165) is 12.1 Å². The molecule has 0 fully saturated rings. The van der Waals surface area contributed by atoms with Gasteiger partial charge in [0.05, 0.1) is 26.4 Å². The van der Waals surface area contributed by atoms with Gasteiger partial charge in [-0.25, -0.2) is 9.59 Å². The molecule has 0 N–H and O–H groups in total. The number of carbonyl (C=O) groups is 2. The van der Waals surface area contributed by atoms with Crippen LogP contribution in [0.1, 0.15) is 12.5 Å². The first-order valence-electron chi connectivity index (χ1n) is 6.96. The second-order valence-electron chi connectivity index (χ2n) is 4.74. The molecule has 0 aliphatic carbocycles. The predicted molar refractivity (Wildman–Crippen MR) is 80.2 cm³/mol. The van der Waals surface area contributed by atoms with Crippen molar-refractivity contribution in [3.8, 4) is 0 Å². The van der Waals surface area contributed by atoms with Crippen LogP contribution < -0.4 is 4.90 Å². The molecule has 0 saturated heterocycles. The molecule has 1 aliphatic rings. The van der Waals surface area contributed by atoms with E-state index in [1.165, 1.54) is 19.8 Å². The lowest BCUT2D eigenvalue weighted by atomic mass is 10.1. The van der Waals surface area contributed by atoms with Gasteiger partial charge >= 0.3 is 11.9 Å². The predicted octanol–water partition coefficient (Wildman–Crippen LogP) is 1.64. The van der Waals surface area contributed by atoms with Crippen LogP contribution in [-0.2, 0) is 30.2 Å². The highest BCUT2D eigenvalue weighted by Gasteiger charge is 2.32. The van der Waals surface area contributed by atoms with Gasteiger partial charge in [0.1, 0.15) is 12.4 Å². The fraction of sp³-hybridized carbons (Fsp3) is 0.375. The number of hydrogen-bond donors (Lipinski definition) is 0. The second kappa shape index (κ2) is 7.09. The molecule has 1 aliphatic heterocycles. The third-order valence-electron chi connectivity index (χ3n) is 3.49. The Balaban J connectivity index is 2.47. The molecule has 1 aromatic rings. The van der Waals surface area contributed by atoms with Crippen molar-refractivity contribution < 1.29 is 23.8 Å². The number of nitrogens with zero attached hydrogens (tertiary/aromatic N) is 1. The van der Waals surface area contributed by atoms with E-state index in [9.17, 15) is 9.59 Å². The highest BCUT2D eigenvalue weighted by molar-refractivity contribution is 6.03. The Morgan fingerprint density at radius 3 is 2.32 bits per heavy atom. The highest BCUT2D eigenvalue weighted by Crippen LogP contribution is 2.26. The Kier molecular flexibility index (Phi) is 5.16. The Labute approximate surface area is 129 Å². The number of ether oxygens (including phenoxy) is 3. The SMILES string of the molecule is CCc1ccc(N2COCC(C(=O)OC)=C2C(=O)OC)cc1. The van der Waals surface area contributed by atoms with E-state index >= 15 is 0 Å². The van der Waals surface area contributed by atoms with Crippen molar-refractivity contribution in [2.24, 2.45) is 0 Å². The molecule has 0 radical (unpaired) electrons. The molecule has 0 spiro atoms. The zero-order valence-electron chi connectivity index (χ0n) is 12.9. The first kappa shape index (κ1) is 16.0. The number of methoxy groups -OCH3 is 2. The first-order valence-corrected chi connectivity index (χ1v) is 6.96. The molecule has 0 amide bonds. The van der Waals surface area contributed by atoms with E-state index in [2.05, 4.69) is 6.92 Å². The normalized spacial score (nSPS) is 14.8. The average molecular weight is 305 g/mol. The molecule has 1 heterocycles. The number of rotatable bonds is 4. The lowest BCUT2D eigenvalue weighted by Crippen LogP contribution is -2.38. The Hall–Kier alpha value is -2.34. The van der Waals surface area contributed by atoms with Crippen LogP contribution in [0.15, 0.2) is 35.5 Å². The van der Waals surface area contributed by atoms with Crippen LogP contribution >= 0.6 is 0 Å².